The first-order chi connectivity index (χ1) is 67.7. The summed E-state index contributed by atoms with van der Waals surface area (Å²) in [5.74, 6) is 0. The molecule has 750 valence electrons. The van der Waals surface area contributed by atoms with Gasteiger partial charge in [-0.1, -0.05) is 124 Å². The van der Waals surface area contributed by atoms with E-state index in [2.05, 4.69) is 304 Å². The zero-order valence-electron chi connectivity index (χ0n) is 78.8. The summed E-state index contributed by atoms with van der Waals surface area (Å²) in [4.78, 5) is 0. The molecule has 12 aliphatic rings. The molecule has 10 aromatic carbocycles. The van der Waals surface area contributed by atoms with E-state index in [0.717, 1.165) is 252 Å². The largest absolute Gasteiger partial charge is 0.102 e. The second kappa shape index (κ2) is 62.4. The van der Waals surface area contributed by atoms with Gasteiger partial charge in [0, 0.05) is 45.9 Å². The average Bonchev–Trinajstić information content (AvgIpc) is 1.78. The first kappa shape index (κ1) is 111. The van der Waals surface area contributed by atoms with E-state index < -0.39 is 59.6 Å². The van der Waals surface area contributed by atoms with E-state index in [0.29, 0.717) is 6.10 Å². The minimum absolute atomic E-state index is 0. The van der Waals surface area contributed by atoms with Crippen molar-refractivity contribution in [1.29, 1.82) is 0 Å². The number of ether oxygens (including phenoxy) is 10. The zero-order valence-corrected chi connectivity index (χ0v) is 90.2. The third-order valence-electron chi connectivity index (χ3n) is 24.9. The number of hydrogen-bond donors (Lipinski definition) is 0. The molecule has 2 aliphatic carbocycles. The minimum Gasteiger partial charge on any atom is -0.0620 e. The normalized spacial score (nSPS) is 19.9. The molecule has 10 aromatic rings. The molecule has 19 nitrogen and oxygen atoms in total. The minimum atomic E-state index is -1.88. The van der Waals surface area contributed by atoms with E-state index in [4.69, 9.17) is 86.1 Å². The van der Waals surface area contributed by atoms with E-state index in [-0.39, 0.29) is 23.2 Å². The van der Waals surface area contributed by atoms with Crippen LogP contribution < -0.4 is 31.8 Å². The third-order valence-corrected chi connectivity index (χ3v) is 45.5. The smallest absolute Gasteiger partial charge is 0.0620 e. The molecule has 0 bridgehead atoms. The Bertz CT molecular complexity index is 4560. The molecule has 0 saturated carbocycles. The predicted octanol–water partition coefficient (Wildman–Crippen LogP) is 18.1. The predicted molar refractivity (Wildman–Crippen MR) is 588 cm³/mol. The van der Waals surface area contributed by atoms with Gasteiger partial charge in [0.1, 0.15) is 40.2 Å². The Morgan fingerprint density at radius 3 is 0.633 bits per heavy atom. The van der Waals surface area contributed by atoms with E-state index in [9.17, 15) is 0 Å². The second-order valence-corrected chi connectivity index (χ2v) is 57.7. The van der Waals surface area contributed by atoms with Crippen molar-refractivity contribution in [3.05, 3.63) is 337 Å². The van der Waals surface area contributed by atoms with Crippen LogP contribution in [0.2, 0.25) is 0 Å². The molecule has 30 heteroatoms. The molecule has 10 fully saturated rings. The Morgan fingerprint density at radius 2 is 0.446 bits per heavy atom. The topological polar surface area (TPSA) is 121 Å². The zero-order chi connectivity index (χ0) is 94.1. The molecule has 22 rings (SSSR count). The average molecular weight is 2240 g/mol. The van der Waals surface area contributed by atoms with Crippen LogP contribution in [0, 0.1) is 0 Å². The first-order valence-electron chi connectivity index (χ1n) is 48.3. The number of halogens is 4. The van der Waals surface area contributed by atoms with Gasteiger partial charge in [-0.15, -0.1) is 28.0 Å². The van der Waals surface area contributed by atoms with Crippen molar-refractivity contribution in [3.63, 3.8) is 0 Å². The Labute approximate surface area is 860 Å². The van der Waals surface area contributed by atoms with Crippen molar-refractivity contribution in [2.75, 3.05) is 243 Å². The molecule has 0 aromatic heterocycles. The molecule has 0 spiro atoms. The molecular weight excluding hydrogens is 2090 g/mol. The Kier molecular flexibility index (Phi) is 50.0. The summed E-state index contributed by atoms with van der Waals surface area (Å²) in [5, 5.41) is 8.61. The van der Waals surface area contributed by atoms with Crippen molar-refractivity contribution >= 4 is 131 Å². The molecule has 1 unspecified atom stereocenters. The SMILES string of the molecule is C.C.C1CN(P(N2CCOCC2)N2CCOCC2)CCO1.C1CN([PH+](N2CCOCC2)N2CCOCC2)CCO1.C1CN([PH+](N2CCOCC2)N2CCOCC2)CCO1.CC1CCCO1.[Cl][Ru]([Cl])=[C]1C=C(c2ccccc2)c2ccccc21.[Cl][Ru]([Cl])=[C]1C=C(c2ccccc2)c2ccccc21.c1ccc([PH+](c2ccccc2)c2ccccc2)cc1.c1ccc([PH+](c2ccccc2)c2ccccc2)cc1. The van der Waals surface area contributed by atoms with E-state index in [1.54, 1.807) is 0 Å². The maximum Gasteiger partial charge on any atom is 0.102 e. The Balaban J connectivity index is 0.000000135. The van der Waals surface area contributed by atoms with Crippen LogP contribution in [0.3, 0.4) is 0 Å². The molecule has 139 heavy (non-hydrogen) atoms. The van der Waals surface area contributed by atoms with Gasteiger partial charge in [-0.25, -0.2) is 0 Å². The summed E-state index contributed by atoms with van der Waals surface area (Å²) in [6.07, 6.45) is 7.38. The number of allylic oxidation sites excluding steroid dienone is 2. The fourth-order valence-corrected chi connectivity index (χ4v) is 36.9. The summed E-state index contributed by atoms with van der Waals surface area (Å²) in [7, 11) is 21.1. The standard InChI is InChI=1S/2C18H15P.2C15H10.3C12H24N3O3P.C5H10O.2CH4.4ClH.2Ru/c2*1-4-10-16(11-5-1)19(17-12-6-2-7-13-17)18-14-8-3-9-15-18;2*1-2-6-12(7-3-1)15-11-10-13-8-4-5-9-14(13)15;3*1-7-16-8-2-13(1)19(14-3-9-17-10-4-14)15-5-11-18-12-6-15;1-5-3-2-4-6-5;;;;;;;;/h2*1-15H;2*1-9,11H;3*1-12H2;5H,2-4H2,1H3;2*1H4;4*1H;;/q;;;;;;;;;;;;;;2*+2. The molecule has 10 aliphatic heterocycles. The van der Waals surface area contributed by atoms with Gasteiger partial charge in [0.2, 0.25) is 16.7 Å². The number of nitrogens with zero attached hydrogens (tertiary/aromatic N) is 9. The van der Waals surface area contributed by atoms with Crippen LogP contribution in [-0.4, -0.2) is 300 Å². The Morgan fingerprint density at radius 1 is 0.252 bits per heavy atom. The van der Waals surface area contributed by atoms with Gasteiger partial charge in [0.05, 0.1) is 219 Å². The van der Waals surface area contributed by atoms with Gasteiger partial charge in [0.25, 0.3) is 0 Å². The van der Waals surface area contributed by atoms with Crippen LogP contribution in [0.1, 0.15) is 68.0 Å². The van der Waals surface area contributed by atoms with Gasteiger partial charge in [-0.3, -0.25) is 14.0 Å². The fraction of sp³-hybridized carbons (Fsp3) is 0.394. The second-order valence-electron chi connectivity index (χ2n) is 33.9. The molecule has 10 saturated heterocycles. The molecule has 0 amide bonds. The number of benzene rings is 10. The van der Waals surface area contributed by atoms with Gasteiger partial charge < -0.3 is 47.4 Å². The van der Waals surface area contributed by atoms with E-state index >= 15 is 0 Å². The van der Waals surface area contributed by atoms with E-state index in [1.807, 2.05) is 48.5 Å². The van der Waals surface area contributed by atoms with Crippen molar-refractivity contribution in [3.8, 4) is 0 Å². The van der Waals surface area contributed by atoms with Crippen LogP contribution >= 0.6 is 79.7 Å². The molecule has 0 radical (unpaired) electrons. The Hall–Kier alpha value is -4.78. The van der Waals surface area contributed by atoms with Crippen LogP contribution in [0.4, 0.5) is 0 Å². The third kappa shape index (κ3) is 33.9. The summed E-state index contributed by atoms with van der Waals surface area (Å²) in [6, 6.07) is 102. The van der Waals surface area contributed by atoms with Crippen LogP contribution in [-0.2, 0) is 74.4 Å². The number of rotatable bonds is 17. The monoisotopic (exact) mass is 2240 g/mol. The molecule has 10 heterocycles. The van der Waals surface area contributed by atoms with Gasteiger partial charge in [0.15, 0.2) is 0 Å². The fourth-order valence-electron chi connectivity index (χ4n) is 18.2. The number of hydrogen-bond acceptors (Lipinski definition) is 19. The maximum atomic E-state index is 6.19. The van der Waals surface area contributed by atoms with E-state index in [1.165, 1.54) is 89.2 Å². The van der Waals surface area contributed by atoms with Gasteiger partial charge in [-0.2, -0.15) is 0 Å². The quantitative estimate of drug-likeness (QED) is 0.0634. The summed E-state index contributed by atoms with van der Waals surface area (Å²) in [5.41, 5.74) is 9.73. The molecular formula is C109H144Cl4N9O10P5Ru2+4. The van der Waals surface area contributed by atoms with Crippen molar-refractivity contribution < 1.29 is 74.4 Å². The first-order valence-corrected chi connectivity index (χ1v) is 65.9. The van der Waals surface area contributed by atoms with Gasteiger partial charge in [-0.05, 0) is 92.6 Å². The summed E-state index contributed by atoms with van der Waals surface area (Å²) < 4.78 is 80.8. The number of fused-ring (bicyclic) bond motifs is 2. The molecule has 1 atom stereocenters. The number of morpholine rings is 9. The molecule has 0 N–H and O–H groups in total. The van der Waals surface area contributed by atoms with Crippen molar-refractivity contribution in [2.24, 2.45) is 0 Å². The summed E-state index contributed by atoms with van der Waals surface area (Å²) in [6.45, 7) is 38.1. The van der Waals surface area contributed by atoms with Crippen LogP contribution in [0.25, 0.3) is 11.1 Å². The van der Waals surface area contributed by atoms with Crippen molar-refractivity contribution in [2.45, 2.75) is 40.7 Å². The van der Waals surface area contributed by atoms with Crippen LogP contribution in [0.5, 0.6) is 0 Å². The summed E-state index contributed by atoms with van der Waals surface area (Å²) >= 11 is -3.76. The van der Waals surface area contributed by atoms with Crippen LogP contribution in [0.15, 0.2) is 303 Å². The maximum absolute atomic E-state index is 6.19. The van der Waals surface area contributed by atoms with Gasteiger partial charge >= 0.3 is 240 Å². The van der Waals surface area contributed by atoms with Crippen molar-refractivity contribution in [1.82, 2.24) is 42.0 Å².